The number of thioether (sulfide) groups is 1. The van der Waals surface area contributed by atoms with E-state index in [0.29, 0.717) is 5.25 Å². The molecule has 0 aromatic carbocycles. The second-order valence-electron chi connectivity index (χ2n) is 3.36. The van der Waals surface area contributed by atoms with E-state index >= 15 is 0 Å². The monoisotopic (exact) mass is 232 g/mol. The van der Waals surface area contributed by atoms with Crippen LogP contribution in [0, 0.1) is 0 Å². The number of alkyl halides is 1. The summed E-state index contributed by atoms with van der Waals surface area (Å²) < 4.78 is 1.94. The zero-order valence-corrected chi connectivity index (χ0v) is 10.3. The van der Waals surface area contributed by atoms with Gasteiger partial charge in [-0.25, -0.2) is 0 Å². The number of aryl methyl sites for hydroxylation is 2. The third-order valence-electron chi connectivity index (χ3n) is 2.20. The van der Waals surface area contributed by atoms with Crippen LogP contribution in [0.2, 0.25) is 0 Å². The van der Waals surface area contributed by atoms with Crippen LogP contribution in [0.25, 0.3) is 0 Å². The Balaban J connectivity index is 2.19. The molecule has 0 aliphatic carbocycles. The maximum absolute atomic E-state index is 5.67. The summed E-state index contributed by atoms with van der Waals surface area (Å²) in [6.07, 6.45) is 4.04. The van der Waals surface area contributed by atoms with Crippen LogP contribution in [-0.4, -0.2) is 26.7 Å². The molecular formula is C10H17ClN2S. The van der Waals surface area contributed by atoms with Gasteiger partial charge in [-0.1, -0.05) is 6.92 Å². The lowest BCUT2D eigenvalue weighted by molar-refractivity contribution is 0.719. The van der Waals surface area contributed by atoms with E-state index in [0.717, 1.165) is 24.5 Å². The largest absolute Gasteiger partial charge is 0.273 e. The van der Waals surface area contributed by atoms with E-state index in [9.17, 15) is 0 Å². The van der Waals surface area contributed by atoms with Crippen LogP contribution in [0.15, 0.2) is 12.3 Å². The SMILES string of the molecule is CC(CCCl)SCCc1ccnn1C. The van der Waals surface area contributed by atoms with E-state index in [1.165, 1.54) is 5.69 Å². The summed E-state index contributed by atoms with van der Waals surface area (Å²) in [6, 6.07) is 2.08. The molecule has 1 rings (SSSR count). The topological polar surface area (TPSA) is 17.8 Å². The van der Waals surface area contributed by atoms with Crippen molar-refractivity contribution in [1.29, 1.82) is 0 Å². The van der Waals surface area contributed by atoms with E-state index in [-0.39, 0.29) is 0 Å². The number of aromatic nitrogens is 2. The Bertz CT molecular complexity index is 262. The number of halogens is 1. The van der Waals surface area contributed by atoms with Crippen molar-refractivity contribution < 1.29 is 0 Å². The molecule has 1 atom stereocenters. The predicted molar refractivity (Wildman–Crippen MR) is 64.2 cm³/mol. The molecule has 1 aromatic rings. The Morgan fingerprint density at radius 2 is 2.43 bits per heavy atom. The molecule has 0 saturated heterocycles. The van der Waals surface area contributed by atoms with Gasteiger partial charge in [0.1, 0.15) is 0 Å². The Morgan fingerprint density at radius 1 is 1.64 bits per heavy atom. The lowest BCUT2D eigenvalue weighted by Gasteiger charge is -2.08. The molecule has 0 amide bonds. The molecule has 1 heterocycles. The Hall–Kier alpha value is -0.150. The number of nitrogens with zero attached hydrogens (tertiary/aromatic N) is 2. The molecule has 0 N–H and O–H groups in total. The van der Waals surface area contributed by atoms with E-state index in [1.807, 2.05) is 29.7 Å². The molecule has 1 unspecified atom stereocenters. The lowest BCUT2D eigenvalue weighted by atomic mass is 10.3. The maximum atomic E-state index is 5.67. The maximum Gasteiger partial charge on any atom is 0.0492 e. The van der Waals surface area contributed by atoms with Gasteiger partial charge in [-0.05, 0) is 24.7 Å². The zero-order chi connectivity index (χ0) is 10.4. The highest BCUT2D eigenvalue weighted by Crippen LogP contribution is 2.16. The highest BCUT2D eigenvalue weighted by atomic mass is 35.5. The fraction of sp³-hybridized carbons (Fsp3) is 0.700. The minimum Gasteiger partial charge on any atom is -0.273 e. The van der Waals surface area contributed by atoms with Gasteiger partial charge in [0.2, 0.25) is 0 Å². The summed E-state index contributed by atoms with van der Waals surface area (Å²) in [4.78, 5) is 0. The van der Waals surface area contributed by atoms with Gasteiger partial charge in [0.05, 0.1) is 0 Å². The summed E-state index contributed by atoms with van der Waals surface area (Å²) >= 11 is 7.66. The van der Waals surface area contributed by atoms with E-state index in [2.05, 4.69) is 18.1 Å². The van der Waals surface area contributed by atoms with Crippen LogP contribution in [-0.2, 0) is 13.5 Å². The van der Waals surface area contributed by atoms with Crippen molar-refractivity contribution in [2.45, 2.75) is 25.0 Å². The molecule has 4 heteroatoms. The first-order valence-corrected chi connectivity index (χ1v) is 6.47. The van der Waals surface area contributed by atoms with Crippen LogP contribution < -0.4 is 0 Å². The van der Waals surface area contributed by atoms with Gasteiger partial charge in [-0.2, -0.15) is 16.9 Å². The summed E-state index contributed by atoms with van der Waals surface area (Å²) in [5, 5.41) is 4.80. The van der Waals surface area contributed by atoms with Gasteiger partial charge in [0.25, 0.3) is 0 Å². The summed E-state index contributed by atoms with van der Waals surface area (Å²) in [6.45, 7) is 2.23. The van der Waals surface area contributed by atoms with E-state index in [4.69, 9.17) is 11.6 Å². The molecule has 80 valence electrons. The third kappa shape index (κ3) is 3.93. The molecule has 0 saturated carbocycles. The molecular weight excluding hydrogens is 216 g/mol. The molecule has 0 radical (unpaired) electrons. The third-order valence-corrected chi connectivity index (χ3v) is 3.66. The highest BCUT2D eigenvalue weighted by Gasteiger charge is 2.03. The second kappa shape index (κ2) is 6.36. The molecule has 0 bridgehead atoms. The first-order valence-electron chi connectivity index (χ1n) is 4.88. The smallest absolute Gasteiger partial charge is 0.0492 e. The average Bonchev–Trinajstić information content (AvgIpc) is 2.52. The number of hydrogen-bond donors (Lipinski definition) is 0. The van der Waals surface area contributed by atoms with Crippen LogP contribution in [0.1, 0.15) is 19.0 Å². The minimum absolute atomic E-state index is 0.667. The van der Waals surface area contributed by atoms with Crippen LogP contribution in [0.4, 0.5) is 0 Å². The number of hydrogen-bond acceptors (Lipinski definition) is 2. The highest BCUT2D eigenvalue weighted by molar-refractivity contribution is 7.99. The lowest BCUT2D eigenvalue weighted by Crippen LogP contribution is -2.03. The van der Waals surface area contributed by atoms with Gasteiger partial charge < -0.3 is 0 Å². The van der Waals surface area contributed by atoms with Crippen LogP contribution in [0.3, 0.4) is 0 Å². The summed E-state index contributed by atoms with van der Waals surface area (Å²) in [5.74, 6) is 1.91. The Kier molecular flexibility index (Phi) is 5.41. The fourth-order valence-corrected chi connectivity index (χ4v) is 2.72. The van der Waals surface area contributed by atoms with Crippen molar-refractivity contribution >= 4 is 23.4 Å². The van der Waals surface area contributed by atoms with Gasteiger partial charge in [0, 0.05) is 30.1 Å². The van der Waals surface area contributed by atoms with Crippen molar-refractivity contribution in [3.05, 3.63) is 18.0 Å². The summed E-state index contributed by atoms with van der Waals surface area (Å²) in [5.41, 5.74) is 1.30. The van der Waals surface area contributed by atoms with Crippen molar-refractivity contribution in [3.8, 4) is 0 Å². The first kappa shape index (κ1) is 11.9. The molecule has 14 heavy (non-hydrogen) atoms. The van der Waals surface area contributed by atoms with Crippen molar-refractivity contribution in [2.24, 2.45) is 7.05 Å². The second-order valence-corrected chi connectivity index (χ2v) is 5.28. The first-order chi connectivity index (χ1) is 6.74. The average molecular weight is 233 g/mol. The molecule has 1 aromatic heterocycles. The zero-order valence-electron chi connectivity index (χ0n) is 8.74. The van der Waals surface area contributed by atoms with Gasteiger partial charge in [-0.15, -0.1) is 11.6 Å². The normalized spacial score (nSPS) is 13.1. The van der Waals surface area contributed by atoms with Gasteiger partial charge in [-0.3, -0.25) is 4.68 Å². The summed E-state index contributed by atoms with van der Waals surface area (Å²) in [7, 11) is 1.99. The van der Waals surface area contributed by atoms with Crippen LogP contribution >= 0.6 is 23.4 Å². The fourth-order valence-electron chi connectivity index (χ4n) is 1.25. The number of rotatable bonds is 6. The Morgan fingerprint density at radius 3 is 3.00 bits per heavy atom. The molecule has 0 aliphatic heterocycles. The van der Waals surface area contributed by atoms with Crippen LogP contribution in [0.5, 0.6) is 0 Å². The Labute approximate surface area is 95.0 Å². The van der Waals surface area contributed by atoms with Gasteiger partial charge in [0.15, 0.2) is 0 Å². The molecule has 0 fully saturated rings. The minimum atomic E-state index is 0.667. The van der Waals surface area contributed by atoms with Crippen molar-refractivity contribution in [3.63, 3.8) is 0 Å². The predicted octanol–water partition coefficient (Wildman–Crippen LogP) is 2.71. The van der Waals surface area contributed by atoms with Crippen molar-refractivity contribution in [1.82, 2.24) is 9.78 Å². The molecule has 2 nitrogen and oxygen atoms in total. The standard InChI is InChI=1S/C10H17ClN2S/c1-9(3-6-11)14-8-5-10-4-7-12-13(10)2/h4,7,9H,3,5-6,8H2,1-2H3. The molecule has 0 spiro atoms. The van der Waals surface area contributed by atoms with Crippen molar-refractivity contribution in [2.75, 3.05) is 11.6 Å². The quantitative estimate of drug-likeness (QED) is 0.702. The van der Waals surface area contributed by atoms with Gasteiger partial charge >= 0.3 is 0 Å². The molecule has 0 aliphatic rings. The van der Waals surface area contributed by atoms with E-state index < -0.39 is 0 Å². The van der Waals surface area contributed by atoms with E-state index in [1.54, 1.807) is 0 Å².